The van der Waals surface area contributed by atoms with Gasteiger partial charge in [-0.05, 0) is 48.4 Å². The lowest BCUT2D eigenvalue weighted by atomic mass is 9.97. The van der Waals surface area contributed by atoms with Crippen molar-refractivity contribution in [3.63, 3.8) is 0 Å². The highest BCUT2D eigenvalue weighted by Gasteiger charge is 2.64. The van der Waals surface area contributed by atoms with Crippen LogP contribution in [-0.2, 0) is 9.59 Å². The molecule has 30 heavy (non-hydrogen) atoms. The van der Waals surface area contributed by atoms with Crippen LogP contribution < -0.4 is 21.5 Å². The van der Waals surface area contributed by atoms with Crippen molar-refractivity contribution in [2.75, 3.05) is 7.05 Å². The number of rotatable bonds is 6. The van der Waals surface area contributed by atoms with E-state index in [1.165, 1.54) is 0 Å². The maximum Gasteiger partial charge on any atom is 0.251 e. The van der Waals surface area contributed by atoms with E-state index in [0.29, 0.717) is 34.4 Å². The lowest BCUT2D eigenvalue weighted by Gasteiger charge is -2.11. The first kappa shape index (κ1) is 19.4. The molecule has 2 aromatic carbocycles. The minimum Gasteiger partial charge on any atom is -0.457 e. The summed E-state index contributed by atoms with van der Waals surface area (Å²) in [6, 6.07) is 14.0. The van der Waals surface area contributed by atoms with Crippen LogP contribution in [0.15, 0.2) is 54.7 Å². The molecule has 8 nitrogen and oxygen atoms in total. The number of carbonyl (C=O) groups excluding carboxylic acids is 3. The second kappa shape index (κ2) is 7.14. The van der Waals surface area contributed by atoms with Crippen molar-refractivity contribution in [1.82, 2.24) is 10.3 Å². The summed E-state index contributed by atoms with van der Waals surface area (Å²) in [6.07, 6.45) is 1.94. The highest BCUT2D eigenvalue weighted by molar-refractivity contribution is 6.08. The summed E-state index contributed by atoms with van der Waals surface area (Å²) < 4.78 is 6.01. The summed E-state index contributed by atoms with van der Waals surface area (Å²) in [7, 11) is 1.57. The van der Waals surface area contributed by atoms with Gasteiger partial charge in [-0.2, -0.15) is 0 Å². The molecule has 4 rings (SSSR count). The van der Waals surface area contributed by atoms with Gasteiger partial charge in [0, 0.05) is 30.1 Å². The van der Waals surface area contributed by atoms with Gasteiger partial charge in [-0.1, -0.05) is 12.1 Å². The van der Waals surface area contributed by atoms with Crippen molar-refractivity contribution >= 4 is 28.6 Å². The number of ether oxygens (including phenoxy) is 1. The number of aromatic nitrogens is 1. The third-order valence-corrected chi connectivity index (χ3v) is 5.54. The van der Waals surface area contributed by atoms with Gasteiger partial charge in [-0.3, -0.25) is 19.4 Å². The van der Waals surface area contributed by atoms with Crippen molar-refractivity contribution in [2.45, 2.75) is 12.3 Å². The van der Waals surface area contributed by atoms with Gasteiger partial charge in [0.25, 0.3) is 5.91 Å². The van der Waals surface area contributed by atoms with Crippen molar-refractivity contribution < 1.29 is 19.1 Å². The van der Waals surface area contributed by atoms with E-state index < -0.39 is 17.2 Å². The Kier molecular flexibility index (Phi) is 4.62. The van der Waals surface area contributed by atoms with Gasteiger partial charge < -0.3 is 21.5 Å². The maximum atomic E-state index is 11.9. The number of nitrogens with two attached hydrogens (primary N) is 2. The number of pyridine rings is 1. The Balaban J connectivity index is 1.60. The molecule has 1 saturated carbocycles. The molecule has 8 heteroatoms. The van der Waals surface area contributed by atoms with Crippen LogP contribution >= 0.6 is 0 Å². The Hall–Kier alpha value is -3.94. The first-order chi connectivity index (χ1) is 14.4. The van der Waals surface area contributed by atoms with E-state index in [4.69, 9.17) is 16.2 Å². The zero-order chi connectivity index (χ0) is 21.5. The predicted octanol–water partition coefficient (Wildman–Crippen LogP) is 1.83. The van der Waals surface area contributed by atoms with E-state index in [1.807, 2.05) is 0 Å². The number of fused-ring (bicyclic) bond motifs is 1. The molecule has 1 atom stereocenters. The van der Waals surface area contributed by atoms with Crippen LogP contribution in [0.4, 0.5) is 0 Å². The topological polar surface area (TPSA) is 137 Å². The number of benzene rings is 2. The standard InChI is InChI=1S/C22H20N4O4/c1-25-19(27)13-4-7-17-15(10-13)18(8-9-26-17)30-14-5-2-12(3-6-14)16-11-22(16,20(23)28)21(24)29/h2-10,16H,11H2,1H3,(H2,23,28)(H2,24,29)(H,25,27). The van der Waals surface area contributed by atoms with Crippen LogP contribution in [-0.4, -0.2) is 29.8 Å². The van der Waals surface area contributed by atoms with Crippen LogP contribution in [0.1, 0.15) is 28.3 Å². The van der Waals surface area contributed by atoms with Crippen LogP contribution in [0.25, 0.3) is 10.9 Å². The van der Waals surface area contributed by atoms with E-state index in [0.717, 1.165) is 5.56 Å². The molecular formula is C22H20N4O4. The molecule has 1 aromatic heterocycles. The highest BCUT2D eigenvalue weighted by atomic mass is 16.5. The number of nitrogens with zero attached hydrogens (tertiary/aromatic N) is 1. The molecule has 0 saturated heterocycles. The molecule has 1 heterocycles. The summed E-state index contributed by atoms with van der Waals surface area (Å²) >= 11 is 0. The molecule has 1 aliphatic rings. The fourth-order valence-corrected chi connectivity index (χ4v) is 3.72. The van der Waals surface area contributed by atoms with Gasteiger partial charge in [0.15, 0.2) is 0 Å². The molecular weight excluding hydrogens is 384 g/mol. The Morgan fingerprint density at radius 1 is 1.07 bits per heavy atom. The second-order valence-electron chi connectivity index (χ2n) is 7.25. The molecule has 1 aliphatic carbocycles. The SMILES string of the molecule is CNC(=O)c1ccc2nccc(Oc3ccc(C4CC4(C(N)=O)C(N)=O)cc3)c2c1. The summed E-state index contributed by atoms with van der Waals surface area (Å²) in [5.74, 6) is -0.813. The molecule has 1 fully saturated rings. The zero-order valence-corrected chi connectivity index (χ0v) is 16.2. The number of primary amides is 2. The molecule has 0 spiro atoms. The fraction of sp³-hybridized carbons (Fsp3) is 0.182. The lowest BCUT2D eigenvalue weighted by molar-refractivity contribution is -0.133. The quantitative estimate of drug-likeness (QED) is 0.538. The molecule has 0 aliphatic heterocycles. The van der Waals surface area contributed by atoms with Gasteiger partial charge in [-0.15, -0.1) is 0 Å². The average Bonchev–Trinajstić information content (AvgIpc) is 3.51. The maximum absolute atomic E-state index is 11.9. The Bertz CT molecular complexity index is 1160. The molecule has 3 amide bonds. The molecule has 3 aromatic rings. The molecule has 5 N–H and O–H groups in total. The van der Waals surface area contributed by atoms with Crippen LogP contribution in [0.5, 0.6) is 11.5 Å². The highest BCUT2D eigenvalue weighted by Crippen LogP contribution is 2.59. The molecule has 0 radical (unpaired) electrons. The number of hydrogen-bond donors (Lipinski definition) is 3. The van der Waals surface area contributed by atoms with Gasteiger partial charge >= 0.3 is 0 Å². The van der Waals surface area contributed by atoms with E-state index >= 15 is 0 Å². The third kappa shape index (κ3) is 3.12. The predicted molar refractivity (Wildman–Crippen MR) is 110 cm³/mol. The first-order valence-electron chi connectivity index (χ1n) is 9.35. The lowest BCUT2D eigenvalue weighted by Crippen LogP contribution is -2.38. The van der Waals surface area contributed by atoms with E-state index in [-0.39, 0.29) is 11.8 Å². The van der Waals surface area contributed by atoms with Gasteiger partial charge in [0.05, 0.1) is 5.52 Å². The van der Waals surface area contributed by atoms with E-state index in [9.17, 15) is 14.4 Å². The number of nitrogens with one attached hydrogen (secondary N) is 1. The van der Waals surface area contributed by atoms with Crippen molar-refractivity contribution in [3.8, 4) is 11.5 Å². The Morgan fingerprint density at radius 2 is 1.77 bits per heavy atom. The number of carbonyl (C=O) groups is 3. The normalized spacial score (nSPS) is 16.6. The van der Waals surface area contributed by atoms with Crippen molar-refractivity contribution in [3.05, 3.63) is 65.9 Å². The minimum atomic E-state index is -1.31. The van der Waals surface area contributed by atoms with Crippen molar-refractivity contribution in [2.24, 2.45) is 16.9 Å². The Morgan fingerprint density at radius 3 is 2.37 bits per heavy atom. The van der Waals surface area contributed by atoms with Gasteiger partial charge in [0.2, 0.25) is 11.8 Å². The van der Waals surface area contributed by atoms with Crippen molar-refractivity contribution in [1.29, 1.82) is 0 Å². The largest absolute Gasteiger partial charge is 0.457 e. The van der Waals surface area contributed by atoms with Gasteiger partial charge in [0.1, 0.15) is 16.9 Å². The van der Waals surface area contributed by atoms with Crippen LogP contribution in [0, 0.1) is 5.41 Å². The monoisotopic (exact) mass is 404 g/mol. The average molecular weight is 404 g/mol. The van der Waals surface area contributed by atoms with Crippen LogP contribution in [0.3, 0.4) is 0 Å². The second-order valence-corrected chi connectivity index (χ2v) is 7.25. The third-order valence-electron chi connectivity index (χ3n) is 5.54. The zero-order valence-electron chi connectivity index (χ0n) is 16.2. The fourth-order valence-electron chi connectivity index (χ4n) is 3.72. The summed E-state index contributed by atoms with van der Waals surface area (Å²) in [6.45, 7) is 0. The first-order valence-corrected chi connectivity index (χ1v) is 9.35. The molecule has 152 valence electrons. The van der Waals surface area contributed by atoms with Crippen LogP contribution in [0.2, 0.25) is 0 Å². The Labute approximate surface area is 172 Å². The summed E-state index contributed by atoms with van der Waals surface area (Å²) in [4.78, 5) is 39.7. The smallest absolute Gasteiger partial charge is 0.251 e. The number of amides is 3. The minimum absolute atomic E-state index is 0.201. The molecule has 0 bridgehead atoms. The summed E-state index contributed by atoms with van der Waals surface area (Å²) in [5.41, 5.74) is 11.5. The van der Waals surface area contributed by atoms with E-state index in [1.54, 1.807) is 61.8 Å². The van der Waals surface area contributed by atoms with E-state index in [2.05, 4.69) is 10.3 Å². The number of hydrogen-bond acceptors (Lipinski definition) is 5. The van der Waals surface area contributed by atoms with Gasteiger partial charge in [-0.25, -0.2) is 0 Å². The summed E-state index contributed by atoms with van der Waals surface area (Å²) in [5, 5.41) is 3.29. The molecule has 1 unspecified atom stereocenters.